The Morgan fingerprint density at radius 3 is 2.21 bits per heavy atom. The lowest BCUT2D eigenvalue weighted by Gasteiger charge is -2.31. The number of hydrogen-bond acceptors (Lipinski definition) is 2. The quantitative estimate of drug-likeness (QED) is 0.701. The molecule has 14 heavy (non-hydrogen) atoms. The van der Waals surface area contributed by atoms with Crippen LogP contribution in [-0.2, 0) is 4.79 Å². The van der Waals surface area contributed by atoms with Crippen LogP contribution >= 0.6 is 0 Å². The van der Waals surface area contributed by atoms with Gasteiger partial charge in [0.25, 0.3) is 0 Å². The number of carbonyl (C=O) groups excluding carboxylic acids is 1. The van der Waals surface area contributed by atoms with Gasteiger partial charge in [0.1, 0.15) is 0 Å². The van der Waals surface area contributed by atoms with Gasteiger partial charge in [-0.05, 0) is 18.8 Å². The van der Waals surface area contributed by atoms with E-state index in [1.807, 2.05) is 14.1 Å². The molecule has 3 heteroatoms. The van der Waals surface area contributed by atoms with E-state index in [0.29, 0.717) is 5.92 Å². The minimum absolute atomic E-state index is 0.148. The average molecular weight is 198 g/mol. The highest BCUT2D eigenvalue weighted by molar-refractivity contribution is 5.81. The fourth-order valence-electron chi connectivity index (χ4n) is 2.18. The molecule has 1 fully saturated rings. The molecule has 0 bridgehead atoms. The molecule has 0 unspecified atom stereocenters. The number of nitrogens with one attached hydrogen (secondary N) is 1. The molecule has 1 rings (SSSR count). The molecule has 0 saturated heterocycles. The van der Waals surface area contributed by atoms with Crippen LogP contribution in [0.1, 0.15) is 39.5 Å². The van der Waals surface area contributed by atoms with Gasteiger partial charge in [0.15, 0.2) is 0 Å². The molecule has 1 N–H and O–H groups in total. The molecule has 1 aliphatic rings. The van der Waals surface area contributed by atoms with Crippen molar-refractivity contribution in [3.05, 3.63) is 0 Å². The highest BCUT2D eigenvalue weighted by atomic mass is 16.2. The lowest BCUT2D eigenvalue weighted by Crippen LogP contribution is -2.46. The van der Waals surface area contributed by atoms with Crippen LogP contribution in [0.3, 0.4) is 0 Å². The van der Waals surface area contributed by atoms with Gasteiger partial charge in [-0.25, -0.2) is 5.01 Å². The van der Waals surface area contributed by atoms with Crippen LogP contribution in [0.25, 0.3) is 0 Å². The summed E-state index contributed by atoms with van der Waals surface area (Å²) in [6.07, 6.45) is 4.97. The SMILES string of the molecule is CN(C)NC(=O)C(C)(C)C1CCCC1. The van der Waals surface area contributed by atoms with Crippen LogP contribution in [0.4, 0.5) is 0 Å². The highest BCUT2D eigenvalue weighted by Crippen LogP contribution is 2.39. The zero-order valence-electron chi connectivity index (χ0n) is 9.76. The number of hydrazine groups is 1. The smallest absolute Gasteiger partial charge is 0.240 e. The molecule has 82 valence electrons. The van der Waals surface area contributed by atoms with Crippen molar-refractivity contribution in [2.75, 3.05) is 14.1 Å². The van der Waals surface area contributed by atoms with Crippen LogP contribution in [0, 0.1) is 11.3 Å². The molecular formula is C11H22N2O. The van der Waals surface area contributed by atoms with Crippen LogP contribution < -0.4 is 5.43 Å². The minimum atomic E-state index is -0.221. The minimum Gasteiger partial charge on any atom is -0.289 e. The predicted molar refractivity (Wildman–Crippen MR) is 57.6 cm³/mol. The number of nitrogens with zero attached hydrogens (tertiary/aromatic N) is 1. The van der Waals surface area contributed by atoms with Gasteiger partial charge in [-0.3, -0.25) is 10.2 Å². The summed E-state index contributed by atoms with van der Waals surface area (Å²) >= 11 is 0. The summed E-state index contributed by atoms with van der Waals surface area (Å²) in [4.78, 5) is 11.9. The van der Waals surface area contributed by atoms with Crippen molar-refractivity contribution in [2.45, 2.75) is 39.5 Å². The van der Waals surface area contributed by atoms with E-state index in [1.54, 1.807) is 5.01 Å². The second-order valence-corrected chi connectivity index (χ2v) is 5.04. The van der Waals surface area contributed by atoms with Crippen LogP contribution in [0.2, 0.25) is 0 Å². The standard InChI is InChI=1S/C11H22N2O/c1-11(2,9-7-5-6-8-9)10(14)12-13(3)4/h9H,5-8H2,1-4H3,(H,12,14). The van der Waals surface area contributed by atoms with E-state index in [1.165, 1.54) is 25.7 Å². The van der Waals surface area contributed by atoms with E-state index < -0.39 is 0 Å². The molecule has 0 aromatic carbocycles. The molecule has 0 aliphatic heterocycles. The number of amides is 1. The molecule has 1 saturated carbocycles. The number of hydrogen-bond donors (Lipinski definition) is 1. The van der Waals surface area contributed by atoms with Gasteiger partial charge in [0, 0.05) is 19.5 Å². The zero-order valence-corrected chi connectivity index (χ0v) is 9.76. The van der Waals surface area contributed by atoms with Crippen molar-refractivity contribution in [1.82, 2.24) is 10.4 Å². The monoisotopic (exact) mass is 198 g/mol. The van der Waals surface area contributed by atoms with Gasteiger partial charge in [0.2, 0.25) is 5.91 Å². The lowest BCUT2D eigenvalue weighted by atomic mass is 9.77. The topological polar surface area (TPSA) is 32.3 Å². The number of carbonyl (C=O) groups is 1. The third-order valence-corrected chi connectivity index (χ3v) is 3.29. The summed E-state index contributed by atoms with van der Waals surface area (Å²) in [6.45, 7) is 4.11. The Hall–Kier alpha value is -0.570. The summed E-state index contributed by atoms with van der Waals surface area (Å²) in [5, 5.41) is 1.72. The van der Waals surface area contributed by atoms with Crippen molar-refractivity contribution in [1.29, 1.82) is 0 Å². The Bertz CT molecular complexity index is 205. The van der Waals surface area contributed by atoms with Gasteiger partial charge in [-0.2, -0.15) is 0 Å². The van der Waals surface area contributed by atoms with Crippen molar-refractivity contribution in [3.63, 3.8) is 0 Å². The Balaban J connectivity index is 2.58. The highest BCUT2D eigenvalue weighted by Gasteiger charge is 2.38. The molecule has 1 amide bonds. The second-order valence-electron chi connectivity index (χ2n) is 5.04. The van der Waals surface area contributed by atoms with E-state index in [9.17, 15) is 4.79 Å². The molecule has 0 spiro atoms. The fraction of sp³-hybridized carbons (Fsp3) is 0.909. The summed E-state index contributed by atoms with van der Waals surface area (Å²) in [5.74, 6) is 0.705. The van der Waals surface area contributed by atoms with Gasteiger partial charge >= 0.3 is 0 Å². The van der Waals surface area contributed by atoms with Gasteiger partial charge in [-0.15, -0.1) is 0 Å². The third-order valence-electron chi connectivity index (χ3n) is 3.29. The first kappa shape index (κ1) is 11.5. The number of rotatable bonds is 3. The van der Waals surface area contributed by atoms with Crippen molar-refractivity contribution >= 4 is 5.91 Å². The first-order chi connectivity index (χ1) is 6.44. The Labute approximate surface area is 86.8 Å². The molecular weight excluding hydrogens is 176 g/mol. The molecule has 0 aromatic heterocycles. The van der Waals surface area contributed by atoms with Gasteiger partial charge in [0.05, 0.1) is 0 Å². The molecule has 0 aromatic rings. The summed E-state index contributed by atoms with van der Waals surface area (Å²) in [6, 6.07) is 0. The predicted octanol–water partition coefficient (Wildman–Crippen LogP) is 1.80. The van der Waals surface area contributed by atoms with Crippen molar-refractivity contribution in [2.24, 2.45) is 11.3 Å². The van der Waals surface area contributed by atoms with Crippen LogP contribution in [0.15, 0.2) is 0 Å². The van der Waals surface area contributed by atoms with E-state index >= 15 is 0 Å². The third kappa shape index (κ3) is 2.47. The normalized spacial score (nSPS) is 18.9. The second kappa shape index (κ2) is 4.30. The largest absolute Gasteiger partial charge is 0.289 e. The maximum atomic E-state index is 11.9. The van der Waals surface area contributed by atoms with Crippen LogP contribution in [0.5, 0.6) is 0 Å². The maximum absolute atomic E-state index is 11.9. The zero-order chi connectivity index (χ0) is 10.8. The summed E-state index contributed by atoms with van der Waals surface area (Å²) in [7, 11) is 3.70. The Kier molecular flexibility index (Phi) is 3.53. The Morgan fingerprint density at radius 2 is 1.79 bits per heavy atom. The van der Waals surface area contributed by atoms with Crippen molar-refractivity contribution in [3.8, 4) is 0 Å². The van der Waals surface area contributed by atoms with E-state index in [-0.39, 0.29) is 11.3 Å². The molecule has 0 atom stereocenters. The molecule has 3 nitrogen and oxygen atoms in total. The van der Waals surface area contributed by atoms with Gasteiger partial charge in [-0.1, -0.05) is 26.7 Å². The molecule has 0 radical (unpaired) electrons. The first-order valence-electron chi connectivity index (χ1n) is 5.43. The van der Waals surface area contributed by atoms with Gasteiger partial charge < -0.3 is 0 Å². The van der Waals surface area contributed by atoms with E-state index in [2.05, 4.69) is 19.3 Å². The average Bonchev–Trinajstić information content (AvgIpc) is 2.54. The Morgan fingerprint density at radius 1 is 1.29 bits per heavy atom. The molecule has 0 heterocycles. The maximum Gasteiger partial charge on any atom is 0.240 e. The first-order valence-corrected chi connectivity index (χ1v) is 5.43. The lowest BCUT2D eigenvalue weighted by molar-refractivity contribution is -0.136. The van der Waals surface area contributed by atoms with E-state index in [4.69, 9.17) is 0 Å². The van der Waals surface area contributed by atoms with Crippen molar-refractivity contribution < 1.29 is 4.79 Å². The summed E-state index contributed by atoms with van der Waals surface area (Å²) in [5.41, 5.74) is 2.63. The molecule has 1 aliphatic carbocycles. The summed E-state index contributed by atoms with van der Waals surface area (Å²) < 4.78 is 0. The van der Waals surface area contributed by atoms with Crippen LogP contribution in [-0.4, -0.2) is 25.0 Å². The fourth-order valence-corrected chi connectivity index (χ4v) is 2.18. The van der Waals surface area contributed by atoms with E-state index in [0.717, 1.165) is 0 Å².